The molecule has 2 fully saturated rings. The molecule has 10 atom stereocenters. The van der Waals surface area contributed by atoms with E-state index in [0.717, 1.165) is 20.2 Å². The van der Waals surface area contributed by atoms with Gasteiger partial charge in [0.15, 0.2) is 6.29 Å². The molecule has 17 nitrogen and oxygen atoms in total. The van der Waals surface area contributed by atoms with Crippen molar-refractivity contribution in [1.29, 1.82) is 0 Å². The average molecular weight is 982 g/mol. The highest BCUT2D eigenvalue weighted by Gasteiger charge is 2.58. The molecule has 3 heterocycles. The molecule has 0 radical (unpaired) electrons. The van der Waals surface area contributed by atoms with Crippen molar-refractivity contribution in [3.63, 3.8) is 0 Å². The number of hydrogen-bond donors (Lipinski definition) is 0. The van der Waals surface area contributed by atoms with Crippen LogP contribution in [0.5, 0.6) is 0 Å². The first-order valence-corrected chi connectivity index (χ1v) is 25.5. The summed E-state index contributed by atoms with van der Waals surface area (Å²) in [5.41, 5.74) is 19.7. The molecule has 0 unspecified atom stereocenters. The standard InChI is InChI=1S/C51H51N7O10SSi/c1-31-42(58-46(60)37-28-18-19-29-38(37)47(58)61)44(67-48(62)33-20-10-6-11-21-33)40(54-56-52)49(64-31)68-43-39(66-50(69-34-22-12-7-13-23-34)41(55-57-53)45(43)65-32(2)59)30-63-70(51(3,4)5,35-24-14-8-15-25-35)36-26-16-9-17-27-36/h6-29,31,39-45,49-50H,30H2,1-5H3/t31-,39-,40-,41-,42+,43+,44-,45-,49-,50+/m1/s1. The maximum atomic E-state index is 14.1. The first kappa shape index (κ1) is 49.6. The first-order chi connectivity index (χ1) is 33.8. The van der Waals surface area contributed by atoms with E-state index in [9.17, 15) is 30.2 Å². The van der Waals surface area contributed by atoms with Gasteiger partial charge in [-0.1, -0.05) is 152 Å². The Hall–Kier alpha value is -6.79. The maximum Gasteiger partial charge on any atom is 0.338 e. The van der Waals surface area contributed by atoms with Gasteiger partial charge in [-0.25, -0.2) is 4.79 Å². The number of imide groups is 1. The number of ether oxygens (including phenoxy) is 5. The average Bonchev–Trinajstić information content (AvgIpc) is 3.60. The van der Waals surface area contributed by atoms with Crippen LogP contribution in [0.25, 0.3) is 20.9 Å². The Morgan fingerprint density at radius 3 is 1.74 bits per heavy atom. The first-order valence-electron chi connectivity index (χ1n) is 22.7. The molecule has 2 saturated heterocycles. The van der Waals surface area contributed by atoms with E-state index in [1.54, 1.807) is 37.3 Å². The third-order valence-corrected chi connectivity index (χ3v) is 18.8. The Bertz CT molecular complexity index is 2710. The van der Waals surface area contributed by atoms with E-state index in [0.29, 0.717) is 0 Å². The van der Waals surface area contributed by atoms with Crippen molar-refractivity contribution in [2.24, 2.45) is 10.2 Å². The third kappa shape index (κ3) is 9.97. The van der Waals surface area contributed by atoms with Gasteiger partial charge in [0.05, 0.1) is 29.4 Å². The molecule has 5 aromatic carbocycles. The Kier molecular flexibility index (Phi) is 15.2. The molecule has 3 aliphatic rings. The molecule has 2 amide bonds. The molecule has 0 bridgehead atoms. The number of rotatable bonds is 15. The van der Waals surface area contributed by atoms with Gasteiger partial charge in [-0.3, -0.25) is 19.3 Å². The number of hydrogen-bond acceptors (Lipinski definition) is 13. The lowest BCUT2D eigenvalue weighted by molar-refractivity contribution is -0.292. The van der Waals surface area contributed by atoms with Crippen LogP contribution < -0.4 is 10.4 Å². The van der Waals surface area contributed by atoms with Gasteiger partial charge in [-0.15, -0.1) is 0 Å². The van der Waals surface area contributed by atoms with Crippen LogP contribution in [0.15, 0.2) is 161 Å². The molecule has 3 aliphatic heterocycles. The molecule has 70 heavy (non-hydrogen) atoms. The summed E-state index contributed by atoms with van der Waals surface area (Å²) >= 11 is 1.25. The molecule has 19 heteroatoms. The summed E-state index contributed by atoms with van der Waals surface area (Å²) in [7, 11) is -3.32. The van der Waals surface area contributed by atoms with Crippen LogP contribution in [0, 0.1) is 0 Å². The number of carbonyl (C=O) groups excluding carboxylic acids is 4. The molecular weight excluding hydrogens is 931 g/mol. The van der Waals surface area contributed by atoms with E-state index in [-0.39, 0.29) is 23.3 Å². The van der Waals surface area contributed by atoms with Gasteiger partial charge in [-0.2, -0.15) is 0 Å². The largest absolute Gasteiger partial charge is 0.459 e. The zero-order valence-electron chi connectivity index (χ0n) is 39.0. The van der Waals surface area contributed by atoms with E-state index in [4.69, 9.17) is 28.1 Å². The Balaban J connectivity index is 1.25. The highest BCUT2D eigenvalue weighted by Crippen LogP contribution is 2.43. The van der Waals surface area contributed by atoms with Gasteiger partial charge in [0.25, 0.3) is 20.1 Å². The highest BCUT2D eigenvalue weighted by atomic mass is 32.2. The van der Waals surface area contributed by atoms with Crippen LogP contribution in [0.1, 0.15) is 65.7 Å². The number of nitrogens with zero attached hydrogens (tertiary/aromatic N) is 7. The van der Waals surface area contributed by atoms with Crippen molar-refractivity contribution < 1.29 is 47.3 Å². The van der Waals surface area contributed by atoms with Gasteiger partial charge in [0, 0.05) is 21.6 Å². The van der Waals surface area contributed by atoms with E-state index in [2.05, 4.69) is 40.8 Å². The molecule has 0 saturated carbocycles. The second kappa shape index (κ2) is 21.5. The Morgan fingerprint density at radius 2 is 1.21 bits per heavy atom. The molecule has 8 rings (SSSR count). The molecule has 5 aromatic rings. The van der Waals surface area contributed by atoms with Crippen LogP contribution >= 0.6 is 11.8 Å². The Labute approximate surface area is 409 Å². The molecule has 0 spiro atoms. The molecule has 0 N–H and O–H groups in total. The van der Waals surface area contributed by atoms with Crippen molar-refractivity contribution in [1.82, 2.24) is 4.90 Å². The van der Waals surface area contributed by atoms with E-state index >= 15 is 0 Å². The van der Waals surface area contributed by atoms with Crippen LogP contribution in [0.4, 0.5) is 0 Å². The van der Waals surface area contributed by atoms with Gasteiger partial charge in [0.1, 0.15) is 48.0 Å². The maximum absolute atomic E-state index is 14.1. The predicted molar refractivity (Wildman–Crippen MR) is 262 cm³/mol. The monoisotopic (exact) mass is 981 g/mol. The molecular formula is C51H51N7O10SSi. The summed E-state index contributed by atoms with van der Waals surface area (Å²) in [5, 5.41) is 9.68. The molecule has 0 aliphatic carbocycles. The van der Waals surface area contributed by atoms with E-state index in [1.165, 1.54) is 43.0 Å². The molecule has 0 aromatic heterocycles. The lowest BCUT2D eigenvalue weighted by atomic mass is 9.92. The normalized spacial score (nSPS) is 25.5. The molecule has 360 valence electrons. The number of azide groups is 2. The van der Waals surface area contributed by atoms with Gasteiger partial charge >= 0.3 is 11.9 Å². The number of thioether (sulfide) groups is 1. The van der Waals surface area contributed by atoms with Crippen LogP contribution in [-0.4, -0.2) is 104 Å². The number of benzene rings is 5. The zero-order chi connectivity index (χ0) is 49.6. The summed E-state index contributed by atoms with van der Waals surface area (Å²) < 4.78 is 40.3. The lowest BCUT2D eigenvalue weighted by Gasteiger charge is -2.50. The third-order valence-electron chi connectivity index (χ3n) is 12.6. The van der Waals surface area contributed by atoms with Gasteiger partial charge < -0.3 is 28.1 Å². The van der Waals surface area contributed by atoms with Crippen molar-refractivity contribution in [3.05, 3.63) is 183 Å². The van der Waals surface area contributed by atoms with Gasteiger partial charge in [0.2, 0.25) is 0 Å². The fourth-order valence-electron chi connectivity index (χ4n) is 9.58. The minimum Gasteiger partial charge on any atom is -0.459 e. The lowest BCUT2D eigenvalue weighted by Crippen LogP contribution is -2.69. The topological polar surface area (TPSA) is 224 Å². The van der Waals surface area contributed by atoms with Crippen molar-refractivity contribution >= 4 is 54.2 Å². The summed E-state index contributed by atoms with van der Waals surface area (Å²) in [4.78, 5) is 63.6. The summed E-state index contributed by atoms with van der Waals surface area (Å²) in [6.07, 6.45) is -8.29. The number of amides is 2. The minimum absolute atomic E-state index is 0.130. The van der Waals surface area contributed by atoms with E-state index < -0.39 is 97.5 Å². The van der Waals surface area contributed by atoms with E-state index in [1.807, 2.05) is 91.0 Å². The van der Waals surface area contributed by atoms with Crippen molar-refractivity contribution in [3.8, 4) is 0 Å². The highest BCUT2D eigenvalue weighted by molar-refractivity contribution is 7.99. The van der Waals surface area contributed by atoms with Crippen LogP contribution in [0.2, 0.25) is 5.04 Å². The number of fused-ring (bicyclic) bond motifs is 1. The Morgan fingerprint density at radius 1 is 0.700 bits per heavy atom. The SMILES string of the molecule is CC(=O)O[C@@H]1[C@@H](N=[N+]=[N-])[C@H](Sc2ccccc2)O[C@H](CO[Si](c2ccccc2)(c2ccccc2)C(C)(C)C)[C@@H]1O[C@H]1O[C@H](C)[C@H](N2C(=O)c3ccccc3C2=O)[C@H](OC(=O)c2ccccc2)[C@H]1N=[N+]=[N-]. The summed E-state index contributed by atoms with van der Waals surface area (Å²) in [6, 6.07) is 39.3. The summed E-state index contributed by atoms with van der Waals surface area (Å²) in [6.45, 7) is 8.95. The number of carbonyl (C=O) groups is 4. The fraction of sp³-hybridized carbons (Fsp3) is 0.333. The minimum atomic E-state index is -3.32. The van der Waals surface area contributed by atoms with Gasteiger partial charge in [-0.05, 0) is 69.8 Å². The quantitative estimate of drug-likeness (QED) is 0.0242. The van der Waals surface area contributed by atoms with Crippen LogP contribution in [0.3, 0.4) is 0 Å². The smallest absolute Gasteiger partial charge is 0.338 e. The zero-order valence-corrected chi connectivity index (χ0v) is 40.8. The van der Waals surface area contributed by atoms with Crippen LogP contribution in [-0.2, 0) is 32.9 Å². The predicted octanol–water partition coefficient (Wildman–Crippen LogP) is 8.39. The van der Waals surface area contributed by atoms with Crippen molar-refractivity contribution in [2.45, 2.75) is 105 Å². The number of esters is 2. The second-order valence-electron chi connectivity index (χ2n) is 18.0. The summed E-state index contributed by atoms with van der Waals surface area (Å²) in [5.74, 6) is -2.93. The second-order valence-corrected chi connectivity index (χ2v) is 23.5. The van der Waals surface area contributed by atoms with Crippen molar-refractivity contribution in [2.75, 3.05) is 6.61 Å². The fourth-order valence-corrected chi connectivity index (χ4v) is 15.3.